The van der Waals surface area contributed by atoms with Gasteiger partial charge in [-0.25, -0.2) is 14.8 Å². The lowest BCUT2D eigenvalue weighted by Crippen LogP contribution is -2.48. The summed E-state index contributed by atoms with van der Waals surface area (Å²) in [7, 11) is 4.04. The van der Waals surface area contributed by atoms with Gasteiger partial charge >= 0.3 is 6.03 Å². The van der Waals surface area contributed by atoms with E-state index in [4.69, 9.17) is 4.98 Å². The minimum Gasteiger partial charge on any atom is -0.378 e. The fraction of sp³-hybridized carbons (Fsp3) is 0.261. The molecule has 1 saturated heterocycles. The topological polar surface area (TPSA) is 64.6 Å². The third-order valence-corrected chi connectivity index (χ3v) is 5.75. The van der Waals surface area contributed by atoms with E-state index >= 15 is 0 Å². The van der Waals surface area contributed by atoms with E-state index in [-0.39, 0.29) is 12.1 Å². The van der Waals surface area contributed by atoms with Gasteiger partial charge in [-0.15, -0.1) is 0 Å². The quantitative estimate of drug-likeness (QED) is 0.724. The van der Waals surface area contributed by atoms with Gasteiger partial charge < -0.3 is 9.80 Å². The third kappa shape index (κ3) is 3.22. The fourth-order valence-electron chi connectivity index (χ4n) is 4.17. The van der Waals surface area contributed by atoms with Crippen LogP contribution >= 0.6 is 0 Å². The second-order valence-corrected chi connectivity index (χ2v) is 7.88. The molecule has 1 atom stereocenters. The van der Waals surface area contributed by atoms with Crippen LogP contribution in [0, 0.1) is 0 Å². The molecule has 2 aliphatic heterocycles. The number of nitrogens with one attached hydrogen (secondary N) is 1. The van der Waals surface area contributed by atoms with E-state index in [1.807, 2.05) is 37.2 Å². The van der Waals surface area contributed by atoms with Crippen molar-refractivity contribution in [1.82, 2.24) is 9.97 Å². The monoisotopic (exact) mass is 400 g/mol. The van der Waals surface area contributed by atoms with Gasteiger partial charge in [0.1, 0.15) is 5.82 Å². The van der Waals surface area contributed by atoms with Gasteiger partial charge in [-0.1, -0.05) is 18.2 Å². The van der Waals surface area contributed by atoms with Gasteiger partial charge in [0.05, 0.1) is 17.4 Å². The lowest BCUT2D eigenvalue weighted by Gasteiger charge is -2.35. The van der Waals surface area contributed by atoms with Crippen molar-refractivity contribution in [3.63, 3.8) is 0 Å². The molecule has 3 aromatic rings. The van der Waals surface area contributed by atoms with Gasteiger partial charge in [0.15, 0.2) is 5.82 Å². The molecule has 5 rings (SSSR count). The molecule has 0 unspecified atom stereocenters. The van der Waals surface area contributed by atoms with Gasteiger partial charge in [0, 0.05) is 44.6 Å². The molecule has 1 fully saturated rings. The molecule has 4 heterocycles. The summed E-state index contributed by atoms with van der Waals surface area (Å²) in [6.45, 7) is 1.77. The number of carbonyl (C=O) groups is 1. The summed E-state index contributed by atoms with van der Waals surface area (Å²) in [5.41, 5.74) is 4.03. The number of pyridine rings is 2. The van der Waals surface area contributed by atoms with Crippen LogP contribution in [0.15, 0.2) is 60.8 Å². The van der Waals surface area contributed by atoms with Gasteiger partial charge in [0.2, 0.25) is 0 Å². The molecule has 2 bridgehead atoms. The van der Waals surface area contributed by atoms with E-state index < -0.39 is 0 Å². The number of nitrogens with zero attached hydrogens (tertiary/aromatic N) is 5. The SMILES string of the molecule is CN(C)c1ccc(-c2ccc3c(n2)N(C(=O)Nc2ccccn2)[C@H]2CCN3C2)cc1. The zero-order valence-corrected chi connectivity index (χ0v) is 17.1. The Hall–Kier alpha value is -3.61. The first-order valence-corrected chi connectivity index (χ1v) is 10.1. The second kappa shape index (κ2) is 7.33. The number of aromatic nitrogens is 2. The maximum atomic E-state index is 13.2. The second-order valence-electron chi connectivity index (χ2n) is 7.88. The first-order chi connectivity index (χ1) is 14.6. The molecule has 7 heteroatoms. The van der Waals surface area contributed by atoms with Crippen molar-refractivity contribution in [2.24, 2.45) is 0 Å². The number of rotatable bonds is 3. The highest BCUT2D eigenvalue weighted by Crippen LogP contribution is 2.40. The highest BCUT2D eigenvalue weighted by atomic mass is 16.2. The molecule has 2 aliphatic rings. The smallest absolute Gasteiger partial charge is 0.329 e. The minimum absolute atomic E-state index is 0.111. The molecular weight excluding hydrogens is 376 g/mol. The predicted molar refractivity (Wildman–Crippen MR) is 120 cm³/mol. The zero-order valence-electron chi connectivity index (χ0n) is 17.1. The summed E-state index contributed by atoms with van der Waals surface area (Å²) < 4.78 is 0. The van der Waals surface area contributed by atoms with Gasteiger partial charge in [-0.2, -0.15) is 0 Å². The van der Waals surface area contributed by atoms with Gasteiger partial charge in [0.25, 0.3) is 0 Å². The van der Waals surface area contributed by atoms with Crippen LogP contribution in [0.25, 0.3) is 11.3 Å². The highest BCUT2D eigenvalue weighted by molar-refractivity contribution is 6.04. The molecular formula is C23H24N6O. The van der Waals surface area contributed by atoms with Crippen molar-refractivity contribution in [2.75, 3.05) is 47.2 Å². The van der Waals surface area contributed by atoms with Crippen molar-refractivity contribution in [1.29, 1.82) is 0 Å². The summed E-state index contributed by atoms with van der Waals surface area (Å²) in [5, 5.41) is 2.93. The summed E-state index contributed by atoms with van der Waals surface area (Å²) in [4.78, 5) is 28.5. The van der Waals surface area contributed by atoms with Crippen LogP contribution in [0.4, 0.5) is 27.8 Å². The number of carbonyl (C=O) groups excluding carboxylic acids is 1. The molecule has 152 valence electrons. The number of benzene rings is 1. The molecule has 1 N–H and O–H groups in total. The summed E-state index contributed by atoms with van der Waals surface area (Å²) in [6, 6.07) is 17.8. The van der Waals surface area contributed by atoms with Crippen LogP contribution in [0.2, 0.25) is 0 Å². The lowest BCUT2D eigenvalue weighted by atomic mass is 10.1. The maximum absolute atomic E-state index is 13.2. The van der Waals surface area contributed by atoms with Gasteiger partial charge in [-0.3, -0.25) is 10.2 Å². The summed E-state index contributed by atoms with van der Waals surface area (Å²) >= 11 is 0. The largest absolute Gasteiger partial charge is 0.378 e. The van der Waals surface area contributed by atoms with E-state index in [2.05, 4.69) is 50.4 Å². The van der Waals surface area contributed by atoms with E-state index in [1.54, 1.807) is 12.3 Å². The molecule has 2 amide bonds. The van der Waals surface area contributed by atoms with Crippen LogP contribution in [0.1, 0.15) is 6.42 Å². The molecule has 0 saturated carbocycles. The van der Waals surface area contributed by atoms with Crippen molar-refractivity contribution in [3.8, 4) is 11.3 Å². The fourth-order valence-corrected chi connectivity index (χ4v) is 4.17. The standard InChI is InChI=1S/C23H24N6O/c1-27(2)17-8-6-16(7-9-17)19-10-11-20-22(25-19)29(18-12-14-28(20)15-18)23(30)26-21-5-3-4-13-24-21/h3-11,13,18H,12,14-15H2,1-2H3,(H,24,26,30)/t18-/m0/s1. The Morgan fingerprint density at radius 1 is 1.10 bits per heavy atom. The molecule has 0 aliphatic carbocycles. The van der Waals surface area contributed by atoms with E-state index in [0.717, 1.165) is 42.1 Å². The summed E-state index contributed by atoms with van der Waals surface area (Å²) in [6.07, 6.45) is 2.60. The Morgan fingerprint density at radius 2 is 1.93 bits per heavy atom. The molecule has 0 spiro atoms. The number of anilines is 4. The normalized spacial score (nSPS) is 16.9. The molecule has 2 aromatic heterocycles. The first kappa shape index (κ1) is 18.4. The van der Waals surface area contributed by atoms with Crippen LogP contribution in [-0.4, -0.2) is 49.2 Å². The van der Waals surface area contributed by atoms with Crippen LogP contribution < -0.4 is 20.0 Å². The van der Waals surface area contributed by atoms with E-state index in [0.29, 0.717) is 11.6 Å². The van der Waals surface area contributed by atoms with Crippen LogP contribution in [0.3, 0.4) is 0 Å². The Bertz CT molecular complexity index is 1070. The van der Waals surface area contributed by atoms with Crippen molar-refractivity contribution in [3.05, 3.63) is 60.8 Å². The minimum atomic E-state index is -0.186. The van der Waals surface area contributed by atoms with Crippen molar-refractivity contribution in [2.45, 2.75) is 12.5 Å². The van der Waals surface area contributed by atoms with Crippen LogP contribution in [-0.2, 0) is 0 Å². The third-order valence-electron chi connectivity index (χ3n) is 5.75. The number of amides is 2. The number of hydrogen-bond donors (Lipinski definition) is 1. The van der Waals surface area contributed by atoms with Crippen molar-refractivity contribution < 1.29 is 4.79 Å². The highest BCUT2D eigenvalue weighted by Gasteiger charge is 2.40. The number of urea groups is 1. The van der Waals surface area contributed by atoms with Gasteiger partial charge in [-0.05, 0) is 42.8 Å². The molecule has 0 radical (unpaired) electrons. The lowest BCUT2D eigenvalue weighted by molar-refractivity contribution is 0.254. The summed E-state index contributed by atoms with van der Waals surface area (Å²) in [5.74, 6) is 1.26. The molecule has 1 aromatic carbocycles. The average Bonchev–Trinajstić information content (AvgIpc) is 3.18. The van der Waals surface area contributed by atoms with E-state index in [9.17, 15) is 4.79 Å². The Kier molecular flexibility index (Phi) is 4.50. The number of hydrogen-bond acceptors (Lipinski definition) is 5. The Labute approximate surface area is 176 Å². The first-order valence-electron chi connectivity index (χ1n) is 10.1. The Morgan fingerprint density at radius 3 is 2.67 bits per heavy atom. The zero-order chi connectivity index (χ0) is 20.7. The average molecular weight is 400 g/mol. The molecule has 30 heavy (non-hydrogen) atoms. The van der Waals surface area contributed by atoms with Crippen molar-refractivity contribution >= 4 is 29.0 Å². The molecule has 7 nitrogen and oxygen atoms in total. The number of fused-ring (bicyclic) bond motifs is 4. The van der Waals surface area contributed by atoms with Crippen LogP contribution in [0.5, 0.6) is 0 Å². The van der Waals surface area contributed by atoms with E-state index in [1.165, 1.54) is 0 Å². The maximum Gasteiger partial charge on any atom is 0.329 e. The Balaban J connectivity index is 1.50. The predicted octanol–water partition coefficient (Wildman–Crippen LogP) is 3.84.